The van der Waals surface area contributed by atoms with Crippen LogP contribution >= 0.6 is 0 Å². The monoisotopic (exact) mass is 605 g/mol. The van der Waals surface area contributed by atoms with Crippen molar-refractivity contribution in [3.63, 3.8) is 0 Å². The first-order chi connectivity index (χ1) is 22.9. The van der Waals surface area contributed by atoms with Crippen LogP contribution in [0.15, 0.2) is 146 Å². The zero-order chi connectivity index (χ0) is 31.8. The van der Waals surface area contributed by atoms with E-state index < -0.39 is 0 Å². The predicted molar refractivity (Wildman–Crippen MR) is 191 cm³/mol. The number of aromatic nitrogens is 3. The van der Waals surface area contributed by atoms with Crippen molar-refractivity contribution in [2.45, 2.75) is 37.5 Å². The Hall–Kier alpha value is -5.41. The van der Waals surface area contributed by atoms with E-state index in [-0.39, 0.29) is 16.7 Å². The third-order valence-corrected chi connectivity index (χ3v) is 10.4. The van der Waals surface area contributed by atoms with Crippen LogP contribution in [0.1, 0.15) is 54.5 Å². The Bertz CT molecular complexity index is 2180. The molecule has 0 N–H and O–H groups in total. The van der Waals surface area contributed by atoms with Crippen LogP contribution < -0.4 is 0 Å². The largest absolute Gasteiger partial charge is 0.208 e. The molecule has 3 heteroatoms. The number of rotatable bonds is 3. The summed E-state index contributed by atoms with van der Waals surface area (Å²) in [5.41, 5.74) is 12.2. The van der Waals surface area contributed by atoms with Gasteiger partial charge in [0.05, 0.1) is 5.41 Å². The molecule has 1 heterocycles. The van der Waals surface area contributed by atoms with Gasteiger partial charge < -0.3 is 0 Å². The maximum absolute atomic E-state index is 5.11. The Kier molecular flexibility index (Phi) is 6.11. The molecular weight excluding hydrogens is 571 g/mol. The van der Waals surface area contributed by atoms with E-state index in [1.165, 1.54) is 38.9 Å². The summed E-state index contributed by atoms with van der Waals surface area (Å²) in [5, 5.41) is 0. The van der Waals surface area contributed by atoms with Crippen LogP contribution in [0, 0.1) is 5.92 Å². The number of hydrogen-bond acceptors (Lipinski definition) is 3. The average Bonchev–Trinajstić information content (AvgIpc) is 3.58. The molecular formula is C44H35N3. The summed E-state index contributed by atoms with van der Waals surface area (Å²) >= 11 is 0. The summed E-state index contributed by atoms with van der Waals surface area (Å²) in [6, 6.07) is 43.6. The number of fused-ring (bicyclic) bond motifs is 10. The lowest BCUT2D eigenvalue weighted by molar-refractivity contribution is 0.464. The van der Waals surface area contributed by atoms with Crippen LogP contribution in [0.3, 0.4) is 0 Å². The Morgan fingerprint density at radius 2 is 1.06 bits per heavy atom. The summed E-state index contributed by atoms with van der Waals surface area (Å²) < 4.78 is 0. The van der Waals surface area contributed by atoms with Crippen molar-refractivity contribution in [1.82, 2.24) is 15.0 Å². The van der Waals surface area contributed by atoms with E-state index in [0.29, 0.717) is 23.4 Å². The smallest absolute Gasteiger partial charge is 0.164 e. The summed E-state index contributed by atoms with van der Waals surface area (Å²) in [6.07, 6.45) is 9.31. The highest BCUT2D eigenvalue weighted by Gasteiger charge is 2.57. The van der Waals surface area contributed by atoms with E-state index in [9.17, 15) is 0 Å². The van der Waals surface area contributed by atoms with Gasteiger partial charge in [-0.25, -0.2) is 15.0 Å². The van der Waals surface area contributed by atoms with Gasteiger partial charge in [-0.05, 0) is 50.4 Å². The molecule has 3 unspecified atom stereocenters. The van der Waals surface area contributed by atoms with Gasteiger partial charge in [0.2, 0.25) is 0 Å². The molecule has 6 aromatic rings. The highest BCUT2D eigenvalue weighted by atomic mass is 15.0. The Morgan fingerprint density at radius 1 is 0.511 bits per heavy atom. The minimum atomic E-state index is -0.331. The lowest BCUT2D eigenvalue weighted by atomic mass is 9.65. The van der Waals surface area contributed by atoms with Gasteiger partial charge >= 0.3 is 0 Å². The van der Waals surface area contributed by atoms with E-state index in [1.807, 2.05) is 36.4 Å². The minimum absolute atomic E-state index is 0.0303. The van der Waals surface area contributed by atoms with E-state index in [0.717, 1.165) is 16.7 Å². The first kappa shape index (κ1) is 27.9. The van der Waals surface area contributed by atoms with Gasteiger partial charge in [-0.3, -0.25) is 0 Å². The second-order valence-electron chi connectivity index (χ2n) is 14.0. The molecule has 3 nitrogen and oxygen atoms in total. The van der Waals surface area contributed by atoms with E-state index in [1.54, 1.807) is 0 Å². The molecule has 5 aromatic carbocycles. The molecule has 0 fully saturated rings. The molecule has 0 bridgehead atoms. The third kappa shape index (κ3) is 4.16. The fourth-order valence-corrected chi connectivity index (χ4v) is 8.19. The Balaban J connectivity index is 1.32. The first-order valence-corrected chi connectivity index (χ1v) is 16.5. The summed E-state index contributed by atoms with van der Waals surface area (Å²) in [5.74, 6) is 2.60. The van der Waals surface area contributed by atoms with Crippen molar-refractivity contribution in [3.8, 4) is 45.3 Å². The summed E-state index contributed by atoms with van der Waals surface area (Å²) in [4.78, 5) is 15.2. The van der Waals surface area contributed by atoms with Crippen molar-refractivity contribution in [2.24, 2.45) is 5.92 Å². The lowest BCUT2D eigenvalue weighted by Gasteiger charge is -2.37. The van der Waals surface area contributed by atoms with Crippen molar-refractivity contribution >= 4 is 0 Å². The second-order valence-corrected chi connectivity index (χ2v) is 14.0. The quantitative estimate of drug-likeness (QED) is 0.201. The lowest BCUT2D eigenvalue weighted by Crippen LogP contribution is -2.33. The first-order valence-electron chi connectivity index (χ1n) is 16.5. The van der Waals surface area contributed by atoms with Crippen molar-refractivity contribution in [3.05, 3.63) is 173 Å². The van der Waals surface area contributed by atoms with Crippen LogP contribution in [0.5, 0.6) is 0 Å². The van der Waals surface area contributed by atoms with Gasteiger partial charge in [-0.2, -0.15) is 0 Å². The average molecular weight is 606 g/mol. The molecule has 3 atom stereocenters. The topological polar surface area (TPSA) is 38.7 Å². The molecule has 0 saturated heterocycles. The number of nitrogens with zero attached hydrogens (tertiary/aromatic N) is 3. The molecule has 0 radical (unpaired) electrons. The van der Waals surface area contributed by atoms with E-state index >= 15 is 0 Å². The van der Waals surface area contributed by atoms with Crippen LogP contribution in [0.2, 0.25) is 0 Å². The van der Waals surface area contributed by atoms with Crippen molar-refractivity contribution in [1.29, 1.82) is 0 Å². The van der Waals surface area contributed by atoms with Gasteiger partial charge in [0, 0.05) is 28.5 Å². The summed E-state index contributed by atoms with van der Waals surface area (Å²) in [7, 11) is 0. The van der Waals surface area contributed by atoms with Crippen molar-refractivity contribution in [2.75, 3.05) is 0 Å². The van der Waals surface area contributed by atoms with Gasteiger partial charge in [-0.15, -0.1) is 0 Å². The van der Waals surface area contributed by atoms with Gasteiger partial charge in [0.15, 0.2) is 17.5 Å². The highest BCUT2D eigenvalue weighted by Crippen LogP contribution is 2.65. The molecule has 1 aromatic heterocycles. The standard InChI is InChI=1S/C44H35N3/c1-43(2,3)31-23-25-35-34-24-22-30(42-46-40(28-14-6-4-7-15-28)45-41(47-42)29-16-8-5-9-17-29)26-38(34)44(39(35)27-31)36-20-12-10-18-32(36)33-19-11-13-21-37(33)44/h4-27,32,36H,1-3H3. The van der Waals surface area contributed by atoms with Gasteiger partial charge in [0.1, 0.15) is 0 Å². The molecule has 47 heavy (non-hydrogen) atoms. The molecule has 0 saturated carbocycles. The van der Waals surface area contributed by atoms with E-state index in [2.05, 4.69) is 130 Å². The zero-order valence-electron chi connectivity index (χ0n) is 26.9. The number of hydrogen-bond donors (Lipinski definition) is 0. The SMILES string of the molecule is CC(C)(C)c1ccc2c(c1)C1(c3cc(-c4nc(-c5ccccc5)nc(-c5ccccc5)n4)ccc3-2)c2ccccc2C2C=CC=CC21. The third-order valence-electron chi connectivity index (χ3n) is 10.4. The predicted octanol–water partition coefficient (Wildman–Crippen LogP) is 10.3. The molecule has 3 aliphatic rings. The van der Waals surface area contributed by atoms with Gasteiger partial charge in [-0.1, -0.05) is 160 Å². The summed E-state index contributed by atoms with van der Waals surface area (Å²) in [6.45, 7) is 6.93. The molecule has 9 rings (SSSR count). The zero-order valence-corrected chi connectivity index (χ0v) is 26.9. The molecule has 226 valence electrons. The fraction of sp³-hybridized carbons (Fsp3) is 0.159. The maximum Gasteiger partial charge on any atom is 0.164 e. The molecule has 3 aliphatic carbocycles. The maximum atomic E-state index is 5.11. The van der Waals surface area contributed by atoms with Crippen LogP contribution in [-0.2, 0) is 10.8 Å². The number of benzene rings is 5. The number of allylic oxidation sites excluding steroid dienone is 4. The molecule has 0 aliphatic heterocycles. The normalized spacial score (nSPS) is 20.1. The second kappa shape index (κ2) is 10.3. The Morgan fingerprint density at radius 3 is 1.72 bits per heavy atom. The molecule has 1 spiro atoms. The highest BCUT2D eigenvalue weighted by molar-refractivity contribution is 5.88. The van der Waals surface area contributed by atoms with Crippen LogP contribution in [-0.4, -0.2) is 15.0 Å². The van der Waals surface area contributed by atoms with Crippen molar-refractivity contribution < 1.29 is 0 Å². The minimum Gasteiger partial charge on any atom is -0.208 e. The van der Waals surface area contributed by atoms with Crippen LogP contribution in [0.25, 0.3) is 45.3 Å². The van der Waals surface area contributed by atoms with Crippen LogP contribution in [0.4, 0.5) is 0 Å². The van der Waals surface area contributed by atoms with Gasteiger partial charge in [0.25, 0.3) is 0 Å². The van der Waals surface area contributed by atoms with E-state index in [4.69, 9.17) is 15.0 Å². The fourth-order valence-electron chi connectivity index (χ4n) is 8.19. The Labute approximate surface area is 276 Å². The molecule has 0 amide bonds.